The minimum Gasteiger partial charge on any atom is -0.483 e. The van der Waals surface area contributed by atoms with Crippen molar-refractivity contribution in [2.24, 2.45) is 5.92 Å². The Kier molecular flexibility index (Phi) is 13.8. The minimum atomic E-state index is -0.481. The van der Waals surface area contributed by atoms with E-state index < -0.39 is 5.60 Å². The Labute approximate surface area is 228 Å². The number of hydrogen-bond acceptors (Lipinski definition) is 5. The van der Waals surface area contributed by atoms with Crippen LogP contribution < -0.4 is 16.0 Å². The summed E-state index contributed by atoms with van der Waals surface area (Å²) in [5, 5.41) is 16.4. The second-order valence-electron chi connectivity index (χ2n) is 11.3. The first kappa shape index (κ1) is 31.2. The number of piperidine rings is 1. The number of carboxylic acid groups (broad SMARTS) is 1. The van der Waals surface area contributed by atoms with Crippen LogP contribution in [0.2, 0.25) is 0 Å². The Bertz CT molecular complexity index is 826. The van der Waals surface area contributed by atoms with Gasteiger partial charge in [-0.15, -0.1) is 0 Å². The van der Waals surface area contributed by atoms with Crippen LogP contribution in [0.4, 0.5) is 15.3 Å². The van der Waals surface area contributed by atoms with E-state index in [0.717, 1.165) is 56.9 Å². The Balaban J connectivity index is 0.00000161. The fourth-order valence-electron chi connectivity index (χ4n) is 5.03. The fourth-order valence-corrected chi connectivity index (χ4v) is 5.03. The van der Waals surface area contributed by atoms with Gasteiger partial charge in [0.25, 0.3) is 6.47 Å². The molecule has 1 heterocycles. The third-order valence-electron chi connectivity index (χ3n) is 6.98. The first-order valence-electron chi connectivity index (χ1n) is 14.1. The molecule has 1 saturated carbocycles. The van der Waals surface area contributed by atoms with Gasteiger partial charge >= 0.3 is 12.1 Å². The summed E-state index contributed by atoms with van der Waals surface area (Å²) in [6.07, 6.45) is 11.6. The minimum absolute atomic E-state index is 0.0939. The molecule has 0 aromatic heterocycles. The van der Waals surface area contributed by atoms with Crippen molar-refractivity contribution in [2.75, 3.05) is 31.5 Å². The Morgan fingerprint density at radius 3 is 2.24 bits per heavy atom. The maximum Gasteiger partial charge on any atom is 0.407 e. The Morgan fingerprint density at radius 1 is 1.00 bits per heavy atom. The zero-order valence-electron chi connectivity index (χ0n) is 23.5. The topological polar surface area (TPSA) is 120 Å². The van der Waals surface area contributed by atoms with Crippen LogP contribution in [0.5, 0.6) is 0 Å². The van der Waals surface area contributed by atoms with Gasteiger partial charge in [0.2, 0.25) is 0 Å². The molecule has 1 aromatic carbocycles. The van der Waals surface area contributed by atoms with Gasteiger partial charge in [-0.1, -0.05) is 44.2 Å². The van der Waals surface area contributed by atoms with Crippen LogP contribution in [0.3, 0.4) is 0 Å². The number of anilines is 1. The summed E-state index contributed by atoms with van der Waals surface area (Å²) in [7, 11) is 0. The summed E-state index contributed by atoms with van der Waals surface area (Å²) in [6, 6.07) is 8.84. The van der Waals surface area contributed by atoms with Crippen LogP contribution in [0.15, 0.2) is 24.3 Å². The van der Waals surface area contributed by atoms with Crippen molar-refractivity contribution >= 4 is 24.3 Å². The summed E-state index contributed by atoms with van der Waals surface area (Å²) in [6.45, 7) is 8.25. The first-order valence-corrected chi connectivity index (χ1v) is 14.1. The maximum atomic E-state index is 12.5. The van der Waals surface area contributed by atoms with Gasteiger partial charge < -0.3 is 30.7 Å². The van der Waals surface area contributed by atoms with Crippen LogP contribution in [0.1, 0.15) is 84.1 Å². The molecule has 38 heavy (non-hydrogen) atoms. The molecule has 0 spiro atoms. The number of urea groups is 1. The lowest BCUT2D eigenvalue weighted by molar-refractivity contribution is -0.122. The highest BCUT2D eigenvalue weighted by Gasteiger charge is 2.22. The highest BCUT2D eigenvalue weighted by molar-refractivity contribution is 5.74. The largest absolute Gasteiger partial charge is 0.483 e. The lowest BCUT2D eigenvalue weighted by atomic mass is 9.86. The normalized spacial score (nSPS) is 16.6. The van der Waals surface area contributed by atoms with Gasteiger partial charge in [-0.05, 0) is 76.5 Å². The number of nitrogens with zero attached hydrogens (tertiary/aromatic N) is 1. The molecular weight excluding hydrogens is 484 g/mol. The first-order chi connectivity index (χ1) is 18.2. The third-order valence-corrected chi connectivity index (χ3v) is 6.98. The highest BCUT2D eigenvalue weighted by Crippen LogP contribution is 2.27. The van der Waals surface area contributed by atoms with Crippen molar-refractivity contribution in [1.82, 2.24) is 15.5 Å². The van der Waals surface area contributed by atoms with Gasteiger partial charge in [0.1, 0.15) is 5.60 Å². The van der Waals surface area contributed by atoms with Crippen LogP contribution >= 0.6 is 0 Å². The second-order valence-corrected chi connectivity index (χ2v) is 11.3. The second kappa shape index (κ2) is 16.8. The molecule has 1 aliphatic carbocycles. The van der Waals surface area contributed by atoms with Crippen LogP contribution in [0.25, 0.3) is 0 Å². The van der Waals surface area contributed by atoms with E-state index in [0.29, 0.717) is 12.6 Å². The highest BCUT2D eigenvalue weighted by atomic mass is 16.6. The molecule has 1 aromatic rings. The molecule has 0 unspecified atom stereocenters. The fraction of sp³-hybridized carbons (Fsp3) is 0.690. The number of ether oxygens (including phenoxy) is 1. The van der Waals surface area contributed by atoms with Gasteiger partial charge in [0, 0.05) is 37.9 Å². The van der Waals surface area contributed by atoms with Crippen molar-refractivity contribution in [3.05, 3.63) is 29.8 Å². The zero-order chi connectivity index (χ0) is 27.8. The van der Waals surface area contributed by atoms with E-state index in [-0.39, 0.29) is 18.6 Å². The lowest BCUT2D eigenvalue weighted by Crippen LogP contribution is -2.47. The van der Waals surface area contributed by atoms with Crippen molar-refractivity contribution < 1.29 is 24.2 Å². The van der Waals surface area contributed by atoms with Crippen molar-refractivity contribution in [3.8, 4) is 0 Å². The van der Waals surface area contributed by atoms with Crippen molar-refractivity contribution in [2.45, 2.75) is 96.6 Å². The lowest BCUT2D eigenvalue weighted by Gasteiger charge is -2.33. The van der Waals surface area contributed by atoms with Gasteiger partial charge in [-0.3, -0.25) is 4.79 Å². The summed E-state index contributed by atoms with van der Waals surface area (Å²) in [5.41, 5.74) is 1.78. The predicted molar refractivity (Wildman–Crippen MR) is 151 cm³/mol. The van der Waals surface area contributed by atoms with E-state index in [1.165, 1.54) is 44.1 Å². The number of carbonyl (C=O) groups is 3. The van der Waals surface area contributed by atoms with E-state index in [9.17, 15) is 9.59 Å². The SMILES string of the molecule is CC(C)(C)OC(=O)NCCc1ccc(NC2CCN(C(=O)NCCCC3CCCCC3)CC2)cc1.O=CO. The van der Waals surface area contributed by atoms with E-state index in [2.05, 4.69) is 40.2 Å². The standard InChI is InChI=1S/C28H46N4O3.CH2O2/c1-28(2,3)35-27(34)30-19-15-23-11-13-24(14-12-23)31-25-16-20-32(21-17-25)26(33)29-18-7-10-22-8-5-4-6-9-22;2-1-3/h11-14,22,25,31H,4-10,15-21H2,1-3H3,(H,29,33)(H,30,34);1H,(H,2,3). The van der Waals surface area contributed by atoms with Crippen LogP contribution in [0, 0.1) is 5.92 Å². The summed E-state index contributed by atoms with van der Waals surface area (Å²) in [4.78, 5) is 34.6. The van der Waals surface area contributed by atoms with Gasteiger partial charge in [-0.2, -0.15) is 0 Å². The molecule has 0 atom stereocenters. The molecule has 2 aliphatic rings. The molecule has 3 amide bonds. The number of benzene rings is 1. The van der Waals surface area contributed by atoms with Crippen LogP contribution in [-0.4, -0.2) is 66.4 Å². The monoisotopic (exact) mass is 532 g/mol. The average molecular weight is 533 g/mol. The van der Waals surface area contributed by atoms with E-state index in [1.807, 2.05) is 25.7 Å². The number of likely N-dealkylation sites (tertiary alicyclic amines) is 1. The number of alkyl carbamates (subject to hydrolysis) is 1. The molecular formula is C29H48N4O5. The molecule has 0 radical (unpaired) electrons. The van der Waals surface area contributed by atoms with Crippen LogP contribution in [-0.2, 0) is 16.0 Å². The zero-order valence-corrected chi connectivity index (χ0v) is 23.5. The number of amides is 3. The molecule has 0 bridgehead atoms. The van der Waals surface area contributed by atoms with Crippen molar-refractivity contribution in [3.63, 3.8) is 0 Å². The number of rotatable bonds is 9. The van der Waals surface area contributed by atoms with Gasteiger partial charge in [-0.25, -0.2) is 9.59 Å². The summed E-state index contributed by atoms with van der Waals surface area (Å²) in [5.74, 6) is 0.880. The number of hydrogen-bond donors (Lipinski definition) is 4. The molecule has 1 saturated heterocycles. The molecule has 214 valence electrons. The van der Waals surface area contributed by atoms with E-state index in [1.54, 1.807) is 0 Å². The smallest absolute Gasteiger partial charge is 0.407 e. The summed E-state index contributed by atoms with van der Waals surface area (Å²) < 4.78 is 5.26. The molecule has 3 rings (SSSR count). The quantitative estimate of drug-likeness (QED) is 0.250. The Morgan fingerprint density at radius 2 is 1.63 bits per heavy atom. The third kappa shape index (κ3) is 13.0. The average Bonchev–Trinajstić information content (AvgIpc) is 2.88. The van der Waals surface area contributed by atoms with E-state index in [4.69, 9.17) is 14.6 Å². The Hall–Kier alpha value is -2.97. The molecule has 9 heteroatoms. The summed E-state index contributed by atoms with van der Waals surface area (Å²) >= 11 is 0. The molecule has 4 N–H and O–H groups in total. The van der Waals surface area contributed by atoms with Gasteiger partial charge in [0.15, 0.2) is 0 Å². The van der Waals surface area contributed by atoms with E-state index >= 15 is 0 Å². The van der Waals surface area contributed by atoms with Gasteiger partial charge in [0.05, 0.1) is 0 Å². The molecule has 2 fully saturated rings. The maximum absolute atomic E-state index is 12.5. The number of carbonyl (C=O) groups excluding carboxylic acids is 2. The van der Waals surface area contributed by atoms with Crippen molar-refractivity contribution in [1.29, 1.82) is 0 Å². The predicted octanol–water partition coefficient (Wildman–Crippen LogP) is 5.40. The molecule has 1 aliphatic heterocycles. The number of nitrogens with one attached hydrogen (secondary N) is 3. The molecule has 9 nitrogen and oxygen atoms in total.